The van der Waals surface area contributed by atoms with Crippen molar-refractivity contribution in [3.05, 3.63) is 20.8 Å². The van der Waals surface area contributed by atoms with Gasteiger partial charge in [0.05, 0.1) is 22.0 Å². The molecule has 1 aliphatic rings. The van der Waals surface area contributed by atoms with Crippen molar-refractivity contribution < 1.29 is 4.74 Å². The van der Waals surface area contributed by atoms with Gasteiger partial charge in [0.15, 0.2) is 0 Å². The van der Waals surface area contributed by atoms with E-state index in [9.17, 15) is 0 Å². The van der Waals surface area contributed by atoms with Crippen LogP contribution in [0, 0.1) is 6.92 Å². The Hall–Kier alpha value is -0.130. The summed E-state index contributed by atoms with van der Waals surface area (Å²) in [5.74, 6) is 0. The van der Waals surface area contributed by atoms with Crippen molar-refractivity contribution in [1.82, 2.24) is 4.98 Å². The highest BCUT2D eigenvalue weighted by Gasteiger charge is 2.24. The van der Waals surface area contributed by atoms with Gasteiger partial charge < -0.3 is 9.64 Å². The van der Waals surface area contributed by atoms with E-state index < -0.39 is 0 Å². The van der Waals surface area contributed by atoms with E-state index in [4.69, 9.17) is 4.74 Å². The summed E-state index contributed by atoms with van der Waals surface area (Å²) >= 11 is 6.91. The molecule has 0 saturated carbocycles. The summed E-state index contributed by atoms with van der Waals surface area (Å²) in [6, 6.07) is 2.12. The lowest BCUT2D eigenvalue weighted by Crippen LogP contribution is -2.23. The van der Waals surface area contributed by atoms with Crippen LogP contribution in [0.2, 0.25) is 0 Å². The Kier molecular flexibility index (Phi) is 3.87. The van der Waals surface area contributed by atoms with Gasteiger partial charge in [0, 0.05) is 20.2 Å². The molecule has 2 heterocycles. The second-order valence-electron chi connectivity index (χ2n) is 3.96. The summed E-state index contributed by atoms with van der Waals surface area (Å²) in [6.45, 7) is 4.02. The Morgan fingerprint density at radius 1 is 1.50 bits per heavy atom. The highest BCUT2D eigenvalue weighted by Crippen LogP contribution is 2.30. The predicted molar refractivity (Wildman–Crippen MR) is 72.0 cm³/mol. The number of aromatic nitrogens is 1. The van der Waals surface area contributed by atoms with Crippen LogP contribution in [0.25, 0.3) is 0 Å². The number of methoxy groups -OCH3 is 1. The standard InChI is InChI=1S/C11H14Br2N2O/c1-7-10(5-9(12)11(13)14-7)15-4-3-8(6-15)16-2/h5,8H,3-4,6H2,1-2H3/t8-/m1/s1. The topological polar surface area (TPSA) is 25.4 Å². The zero-order valence-corrected chi connectivity index (χ0v) is 12.5. The van der Waals surface area contributed by atoms with Gasteiger partial charge in [0.1, 0.15) is 4.60 Å². The van der Waals surface area contributed by atoms with E-state index in [-0.39, 0.29) is 0 Å². The van der Waals surface area contributed by atoms with E-state index in [0.29, 0.717) is 6.10 Å². The van der Waals surface area contributed by atoms with Crippen LogP contribution in [-0.2, 0) is 4.74 Å². The molecule has 1 fully saturated rings. The number of aryl methyl sites for hydroxylation is 1. The van der Waals surface area contributed by atoms with Gasteiger partial charge in [-0.1, -0.05) is 0 Å². The van der Waals surface area contributed by atoms with Gasteiger partial charge in [-0.3, -0.25) is 0 Å². The number of pyridine rings is 1. The van der Waals surface area contributed by atoms with Crippen LogP contribution < -0.4 is 4.90 Å². The largest absolute Gasteiger partial charge is 0.380 e. The first kappa shape index (κ1) is 12.3. The molecule has 1 aromatic heterocycles. The molecule has 88 valence electrons. The smallest absolute Gasteiger partial charge is 0.120 e. The number of anilines is 1. The van der Waals surface area contributed by atoms with Crippen LogP contribution in [0.15, 0.2) is 15.1 Å². The Morgan fingerprint density at radius 3 is 2.88 bits per heavy atom. The third kappa shape index (κ3) is 2.41. The number of halogens is 2. The molecule has 0 unspecified atom stereocenters. The van der Waals surface area contributed by atoms with Crippen molar-refractivity contribution in [3.63, 3.8) is 0 Å². The first-order valence-electron chi connectivity index (χ1n) is 5.22. The summed E-state index contributed by atoms with van der Waals surface area (Å²) in [5, 5.41) is 0. The lowest BCUT2D eigenvalue weighted by atomic mass is 10.3. The molecule has 0 radical (unpaired) electrons. The summed E-state index contributed by atoms with van der Waals surface area (Å²) < 4.78 is 7.23. The van der Waals surface area contributed by atoms with Crippen LogP contribution in [0.1, 0.15) is 12.1 Å². The van der Waals surface area contributed by atoms with Crippen LogP contribution in [0.4, 0.5) is 5.69 Å². The van der Waals surface area contributed by atoms with E-state index in [0.717, 1.165) is 34.3 Å². The number of hydrogen-bond donors (Lipinski definition) is 0. The summed E-state index contributed by atoms with van der Waals surface area (Å²) in [4.78, 5) is 6.78. The monoisotopic (exact) mass is 348 g/mol. The highest BCUT2D eigenvalue weighted by molar-refractivity contribution is 9.13. The fourth-order valence-corrected chi connectivity index (χ4v) is 2.69. The fraction of sp³-hybridized carbons (Fsp3) is 0.545. The van der Waals surface area contributed by atoms with Crippen molar-refractivity contribution in [2.24, 2.45) is 0 Å². The number of rotatable bonds is 2. The molecule has 2 rings (SSSR count). The molecule has 1 aromatic rings. The van der Waals surface area contributed by atoms with Crippen molar-refractivity contribution >= 4 is 37.5 Å². The summed E-state index contributed by atoms with van der Waals surface area (Å²) in [6.07, 6.45) is 1.44. The Labute approximate surface area is 112 Å². The molecular formula is C11H14Br2N2O. The zero-order valence-electron chi connectivity index (χ0n) is 9.33. The molecule has 0 bridgehead atoms. The third-order valence-corrected chi connectivity index (χ3v) is 4.66. The van der Waals surface area contributed by atoms with E-state index >= 15 is 0 Å². The van der Waals surface area contributed by atoms with Gasteiger partial charge in [-0.2, -0.15) is 0 Å². The van der Waals surface area contributed by atoms with Gasteiger partial charge in [0.25, 0.3) is 0 Å². The van der Waals surface area contributed by atoms with Crippen LogP contribution in [0.3, 0.4) is 0 Å². The lowest BCUT2D eigenvalue weighted by Gasteiger charge is -2.20. The molecule has 1 saturated heterocycles. The fourth-order valence-electron chi connectivity index (χ4n) is 2.00. The molecule has 3 nitrogen and oxygen atoms in total. The molecule has 0 N–H and O–H groups in total. The maximum Gasteiger partial charge on any atom is 0.120 e. The first-order chi connectivity index (χ1) is 7.61. The maximum absolute atomic E-state index is 5.37. The number of hydrogen-bond acceptors (Lipinski definition) is 3. The van der Waals surface area contributed by atoms with Gasteiger partial charge in [-0.05, 0) is 51.3 Å². The number of ether oxygens (including phenoxy) is 1. The SMILES string of the molecule is CO[C@@H]1CCN(c2cc(Br)c(Br)nc2C)C1. The molecule has 1 atom stereocenters. The lowest BCUT2D eigenvalue weighted by molar-refractivity contribution is 0.121. The van der Waals surface area contributed by atoms with E-state index in [1.54, 1.807) is 7.11 Å². The average Bonchev–Trinajstić information content (AvgIpc) is 2.71. The van der Waals surface area contributed by atoms with Crippen LogP contribution in [0.5, 0.6) is 0 Å². The van der Waals surface area contributed by atoms with Crippen molar-refractivity contribution in [2.75, 3.05) is 25.1 Å². The number of nitrogens with zero attached hydrogens (tertiary/aromatic N) is 2. The van der Waals surface area contributed by atoms with Gasteiger partial charge in [0.2, 0.25) is 0 Å². The minimum absolute atomic E-state index is 0.349. The minimum atomic E-state index is 0.349. The van der Waals surface area contributed by atoms with Crippen molar-refractivity contribution in [3.8, 4) is 0 Å². The Balaban J connectivity index is 2.24. The van der Waals surface area contributed by atoms with Gasteiger partial charge in [-0.15, -0.1) is 0 Å². The van der Waals surface area contributed by atoms with Crippen molar-refractivity contribution in [1.29, 1.82) is 0 Å². The maximum atomic E-state index is 5.37. The quantitative estimate of drug-likeness (QED) is 0.767. The first-order valence-corrected chi connectivity index (χ1v) is 6.81. The highest BCUT2D eigenvalue weighted by atomic mass is 79.9. The van der Waals surface area contributed by atoms with E-state index in [1.165, 1.54) is 5.69 Å². The van der Waals surface area contributed by atoms with Crippen LogP contribution >= 0.6 is 31.9 Å². The van der Waals surface area contributed by atoms with E-state index in [2.05, 4.69) is 47.8 Å². The normalized spacial score (nSPS) is 20.5. The molecule has 16 heavy (non-hydrogen) atoms. The second kappa shape index (κ2) is 5.02. The van der Waals surface area contributed by atoms with Crippen molar-refractivity contribution in [2.45, 2.75) is 19.4 Å². The zero-order chi connectivity index (χ0) is 11.7. The average molecular weight is 350 g/mol. The molecule has 0 amide bonds. The minimum Gasteiger partial charge on any atom is -0.380 e. The molecular weight excluding hydrogens is 336 g/mol. The third-order valence-electron chi connectivity index (χ3n) is 2.92. The Bertz CT molecular complexity index is 398. The molecule has 5 heteroatoms. The van der Waals surface area contributed by atoms with Gasteiger partial charge in [-0.25, -0.2) is 4.98 Å². The molecule has 0 aromatic carbocycles. The molecule has 0 spiro atoms. The molecule has 1 aliphatic heterocycles. The van der Waals surface area contributed by atoms with Crippen LogP contribution in [-0.4, -0.2) is 31.3 Å². The van der Waals surface area contributed by atoms with Gasteiger partial charge >= 0.3 is 0 Å². The summed E-state index contributed by atoms with van der Waals surface area (Å²) in [5.41, 5.74) is 2.24. The Morgan fingerprint density at radius 2 is 2.25 bits per heavy atom. The molecule has 0 aliphatic carbocycles. The van der Waals surface area contributed by atoms with E-state index in [1.807, 2.05) is 6.92 Å². The second-order valence-corrected chi connectivity index (χ2v) is 5.56. The predicted octanol–water partition coefficient (Wildman–Crippen LogP) is 3.14. The summed E-state index contributed by atoms with van der Waals surface area (Å²) in [7, 11) is 1.77.